The molecule has 0 saturated carbocycles. The number of carboxylic acids is 1. The number of hydrogen-bond acceptors (Lipinski definition) is 6. The van der Waals surface area contributed by atoms with Crippen LogP contribution >= 0.6 is 11.8 Å². The molecule has 7 nitrogen and oxygen atoms in total. The standard InChI is InChI=1S/C36H45N3O4S/c1-7-8-9-10-11-22-42-32-23-31(21-16-28(32)24-43-30-19-14-26(15-20-30)25(2)34(40)41)44-35-38-37-33(39(35)6)27-12-17-29(18-13-27)36(3,4)5/h12-21,23,25H,7-11,22,24H2,1-6H3,(H,40,41). The van der Waals surface area contributed by atoms with Gasteiger partial charge >= 0.3 is 5.97 Å². The molecule has 3 aromatic carbocycles. The highest BCUT2D eigenvalue weighted by atomic mass is 32.2. The number of rotatable bonds is 15. The number of aliphatic carboxylic acids is 1. The molecule has 1 aromatic heterocycles. The monoisotopic (exact) mass is 615 g/mol. The van der Waals surface area contributed by atoms with Crippen molar-refractivity contribution in [2.75, 3.05) is 6.61 Å². The Morgan fingerprint density at radius 3 is 2.30 bits per heavy atom. The van der Waals surface area contributed by atoms with Gasteiger partial charge in [0.25, 0.3) is 0 Å². The van der Waals surface area contributed by atoms with Crippen LogP contribution in [0.1, 0.15) is 89.3 Å². The summed E-state index contributed by atoms with van der Waals surface area (Å²) >= 11 is 1.55. The van der Waals surface area contributed by atoms with Crippen LogP contribution in [0.15, 0.2) is 76.8 Å². The first-order valence-corrected chi connectivity index (χ1v) is 16.3. The maximum Gasteiger partial charge on any atom is 0.310 e. The van der Waals surface area contributed by atoms with Gasteiger partial charge in [0.05, 0.1) is 12.5 Å². The van der Waals surface area contributed by atoms with Gasteiger partial charge in [0.1, 0.15) is 18.1 Å². The first-order valence-electron chi connectivity index (χ1n) is 15.5. The minimum Gasteiger partial charge on any atom is -0.493 e. The van der Waals surface area contributed by atoms with E-state index in [0.717, 1.165) is 51.2 Å². The summed E-state index contributed by atoms with van der Waals surface area (Å²) in [5, 5.41) is 19.1. The van der Waals surface area contributed by atoms with E-state index >= 15 is 0 Å². The highest BCUT2D eigenvalue weighted by Crippen LogP contribution is 2.34. The fourth-order valence-electron chi connectivity index (χ4n) is 4.78. The maximum atomic E-state index is 11.3. The lowest BCUT2D eigenvalue weighted by Crippen LogP contribution is -2.10. The van der Waals surface area contributed by atoms with Crippen LogP contribution in [-0.4, -0.2) is 32.4 Å². The molecule has 4 aromatic rings. The minimum absolute atomic E-state index is 0.0944. The fourth-order valence-corrected chi connectivity index (χ4v) is 5.59. The Hall–Kier alpha value is -3.78. The molecule has 8 heteroatoms. The molecule has 1 N–H and O–H groups in total. The molecule has 0 spiro atoms. The topological polar surface area (TPSA) is 86.5 Å². The number of hydrogen-bond donors (Lipinski definition) is 1. The minimum atomic E-state index is -0.847. The summed E-state index contributed by atoms with van der Waals surface area (Å²) in [6.07, 6.45) is 5.82. The third-order valence-electron chi connectivity index (χ3n) is 7.74. The van der Waals surface area contributed by atoms with Gasteiger partial charge in [-0.1, -0.05) is 95.8 Å². The van der Waals surface area contributed by atoms with E-state index in [4.69, 9.17) is 9.47 Å². The summed E-state index contributed by atoms with van der Waals surface area (Å²) in [4.78, 5) is 12.3. The maximum absolute atomic E-state index is 11.3. The van der Waals surface area contributed by atoms with Crippen LogP contribution < -0.4 is 9.47 Å². The first-order chi connectivity index (χ1) is 21.1. The Kier molecular flexibility index (Phi) is 11.5. The van der Waals surface area contributed by atoms with E-state index in [-0.39, 0.29) is 5.41 Å². The molecule has 0 bridgehead atoms. The molecular formula is C36H45N3O4S. The van der Waals surface area contributed by atoms with Gasteiger partial charge in [0.2, 0.25) is 0 Å². The zero-order valence-electron chi connectivity index (χ0n) is 26.8. The molecule has 44 heavy (non-hydrogen) atoms. The van der Waals surface area contributed by atoms with Crippen molar-refractivity contribution in [1.29, 1.82) is 0 Å². The van der Waals surface area contributed by atoms with Gasteiger partial charge < -0.3 is 19.1 Å². The lowest BCUT2D eigenvalue weighted by molar-refractivity contribution is -0.138. The molecule has 1 atom stereocenters. The zero-order valence-corrected chi connectivity index (χ0v) is 27.6. The summed E-state index contributed by atoms with van der Waals surface area (Å²) in [5.41, 5.74) is 4.10. The Morgan fingerprint density at radius 1 is 0.932 bits per heavy atom. The highest BCUT2D eigenvalue weighted by Gasteiger charge is 2.17. The largest absolute Gasteiger partial charge is 0.493 e. The Labute approximate surface area is 266 Å². The molecule has 1 heterocycles. The first kappa shape index (κ1) is 33.1. The van der Waals surface area contributed by atoms with Crippen LogP contribution in [0.2, 0.25) is 0 Å². The number of carbonyl (C=O) groups is 1. The Bertz CT molecular complexity index is 1510. The second-order valence-corrected chi connectivity index (χ2v) is 13.3. The van der Waals surface area contributed by atoms with Crippen LogP contribution in [0.3, 0.4) is 0 Å². The molecular weight excluding hydrogens is 570 g/mol. The summed E-state index contributed by atoms with van der Waals surface area (Å²) in [6.45, 7) is 11.5. The van der Waals surface area contributed by atoms with E-state index in [9.17, 15) is 9.90 Å². The lowest BCUT2D eigenvalue weighted by Gasteiger charge is -2.19. The van der Waals surface area contributed by atoms with Crippen molar-refractivity contribution in [3.05, 3.63) is 83.4 Å². The van der Waals surface area contributed by atoms with Crippen molar-refractivity contribution in [1.82, 2.24) is 14.8 Å². The number of aromatic nitrogens is 3. The molecule has 1 unspecified atom stereocenters. The molecule has 0 saturated heterocycles. The van der Waals surface area contributed by atoms with Crippen molar-refractivity contribution < 1.29 is 19.4 Å². The molecule has 0 aliphatic carbocycles. The Balaban J connectivity index is 1.48. The average molecular weight is 616 g/mol. The third-order valence-corrected chi connectivity index (χ3v) is 8.77. The van der Waals surface area contributed by atoms with Crippen LogP contribution in [0.25, 0.3) is 11.4 Å². The van der Waals surface area contributed by atoms with E-state index < -0.39 is 11.9 Å². The molecule has 4 rings (SSSR count). The molecule has 0 aliphatic heterocycles. The predicted octanol–water partition coefficient (Wildman–Crippen LogP) is 9.05. The molecule has 0 amide bonds. The summed E-state index contributed by atoms with van der Waals surface area (Å²) < 4.78 is 14.4. The normalized spacial score (nSPS) is 12.2. The van der Waals surface area contributed by atoms with E-state index in [1.165, 1.54) is 24.8 Å². The summed E-state index contributed by atoms with van der Waals surface area (Å²) in [7, 11) is 1.99. The van der Waals surface area contributed by atoms with Crippen LogP contribution in [-0.2, 0) is 23.9 Å². The molecule has 0 fully saturated rings. The summed E-state index contributed by atoms with van der Waals surface area (Å²) in [5.74, 6) is 0.885. The second kappa shape index (κ2) is 15.3. The molecule has 234 valence electrons. The van der Waals surface area contributed by atoms with E-state index in [1.54, 1.807) is 30.8 Å². The highest BCUT2D eigenvalue weighted by molar-refractivity contribution is 7.99. The van der Waals surface area contributed by atoms with Crippen LogP contribution in [0.5, 0.6) is 11.5 Å². The van der Waals surface area contributed by atoms with Gasteiger partial charge in [-0.3, -0.25) is 4.79 Å². The van der Waals surface area contributed by atoms with Crippen molar-refractivity contribution in [2.45, 2.75) is 94.7 Å². The number of ether oxygens (including phenoxy) is 2. The quantitative estimate of drug-likeness (QED) is 0.134. The van der Waals surface area contributed by atoms with Crippen LogP contribution in [0, 0.1) is 0 Å². The zero-order chi connectivity index (χ0) is 31.7. The van der Waals surface area contributed by atoms with Crippen molar-refractivity contribution in [3.63, 3.8) is 0 Å². The van der Waals surface area contributed by atoms with Gasteiger partial charge in [-0.2, -0.15) is 0 Å². The van der Waals surface area contributed by atoms with Crippen molar-refractivity contribution in [2.24, 2.45) is 7.05 Å². The van der Waals surface area contributed by atoms with Gasteiger partial charge in [0.15, 0.2) is 11.0 Å². The number of nitrogens with zero attached hydrogens (tertiary/aromatic N) is 3. The van der Waals surface area contributed by atoms with E-state index in [1.807, 2.05) is 29.8 Å². The number of unbranched alkanes of at least 4 members (excludes halogenated alkanes) is 4. The lowest BCUT2D eigenvalue weighted by atomic mass is 9.87. The average Bonchev–Trinajstić information content (AvgIpc) is 3.37. The van der Waals surface area contributed by atoms with Gasteiger partial charge in [-0.15, -0.1) is 10.2 Å². The van der Waals surface area contributed by atoms with Gasteiger partial charge in [-0.05, 0) is 65.9 Å². The predicted molar refractivity (Wildman–Crippen MR) is 177 cm³/mol. The number of carboxylic acid groups (broad SMARTS) is 1. The van der Waals surface area contributed by atoms with Crippen LogP contribution in [0.4, 0.5) is 0 Å². The molecule has 0 aliphatic rings. The molecule has 0 radical (unpaired) electrons. The fraction of sp³-hybridized carbons (Fsp3) is 0.417. The van der Waals surface area contributed by atoms with Gasteiger partial charge in [-0.25, -0.2) is 0 Å². The summed E-state index contributed by atoms with van der Waals surface area (Å²) in [6, 6.07) is 21.9. The van der Waals surface area contributed by atoms with E-state index in [0.29, 0.717) is 19.0 Å². The second-order valence-electron chi connectivity index (χ2n) is 12.2. The van der Waals surface area contributed by atoms with Crippen molar-refractivity contribution >= 4 is 17.7 Å². The Morgan fingerprint density at radius 2 is 1.64 bits per heavy atom. The van der Waals surface area contributed by atoms with E-state index in [2.05, 4.69) is 74.3 Å². The third kappa shape index (κ3) is 8.88. The van der Waals surface area contributed by atoms with Crippen molar-refractivity contribution in [3.8, 4) is 22.9 Å². The SMILES string of the molecule is CCCCCCCOc1cc(Sc2nnc(-c3ccc(C(C)(C)C)cc3)n2C)ccc1COc1ccc(C(C)C(=O)O)cc1. The van der Waals surface area contributed by atoms with Gasteiger partial charge in [0, 0.05) is 23.1 Å². The number of benzene rings is 3. The smallest absolute Gasteiger partial charge is 0.310 e.